The Hall–Kier alpha value is -2.54. The summed E-state index contributed by atoms with van der Waals surface area (Å²) in [5, 5.41) is 0. The average Bonchev–Trinajstić information content (AvgIpc) is 2.56. The van der Waals surface area contributed by atoms with Crippen LogP contribution in [0.4, 0.5) is 13.2 Å². The lowest BCUT2D eigenvalue weighted by molar-refractivity contribution is -0.275. The molecule has 140 valence electrons. The van der Waals surface area contributed by atoms with Gasteiger partial charge in [0.2, 0.25) is 5.91 Å². The van der Waals surface area contributed by atoms with Crippen molar-refractivity contribution in [3.8, 4) is 5.75 Å². The molecule has 0 aliphatic heterocycles. The van der Waals surface area contributed by atoms with Crippen LogP contribution in [0.25, 0.3) is 0 Å². The molecule has 2 aromatic rings. The molecular weight excluding hydrogens is 345 g/mol. The molecule has 2 rings (SSSR count). The first-order valence-corrected chi connectivity index (χ1v) is 7.99. The van der Waals surface area contributed by atoms with E-state index in [1.807, 2.05) is 30.3 Å². The summed E-state index contributed by atoms with van der Waals surface area (Å²) in [6.45, 7) is 0.00224. The molecule has 0 spiro atoms. The van der Waals surface area contributed by atoms with Gasteiger partial charge in [-0.3, -0.25) is 9.69 Å². The van der Waals surface area contributed by atoms with E-state index in [2.05, 4.69) is 4.74 Å². The van der Waals surface area contributed by atoms with Crippen molar-refractivity contribution >= 4 is 5.91 Å². The average molecular weight is 366 g/mol. The number of halogens is 3. The molecule has 0 bridgehead atoms. The van der Waals surface area contributed by atoms with E-state index in [0.29, 0.717) is 0 Å². The Balaban J connectivity index is 2.21. The molecule has 0 heterocycles. The maximum Gasteiger partial charge on any atom is 0.573 e. The standard InChI is InChI=1S/C19H21F3N2O2/c1-23(2)17(14-9-5-4-6-10-14)18(25)24(3)13-15-11-7-8-12-16(15)26-19(20,21)22/h4-12,17H,13H2,1-3H3. The molecule has 1 unspecified atom stereocenters. The number of ether oxygens (including phenoxy) is 1. The SMILES string of the molecule is CN(Cc1ccccc1OC(F)(F)F)C(=O)C(c1ccccc1)N(C)C. The quantitative estimate of drug-likeness (QED) is 0.779. The Morgan fingerprint density at radius 2 is 1.58 bits per heavy atom. The Labute approximate surface area is 150 Å². The highest BCUT2D eigenvalue weighted by Gasteiger charge is 2.32. The molecule has 7 heteroatoms. The highest BCUT2D eigenvalue weighted by molar-refractivity contribution is 5.83. The largest absolute Gasteiger partial charge is 0.573 e. The zero-order chi connectivity index (χ0) is 19.3. The van der Waals surface area contributed by atoms with Gasteiger partial charge in [-0.2, -0.15) is 0 Å². The minimum atomic E-state index is -4.78. The summed E-state index contributed by atoms with van der Waals surface area (Å²) in [6, 6.07) is 14.5. The second-order valence-corrected chi connectivity index (χ2v) is 6.13. The lowest BCUT2D eigenvalue weighted by atomic mass is 10.0. The summed E-state index contributed by atoms with van der Waals surface area (Å²) in [5.74, 6) is -0.524. The summed E-state index contributed by atoms with van der Waals surface area (Å²) >= 11 is 0. The monoisotopic (exact) mass is 366 g/mol. The van der Waals surface area contributed by atoms with E-state index in [0.717, 1.165) is 5.56 Å². The molecular formula is C19H21F3N2O2. The van der Waals surface area contributed by atoms with Gasteiger partial charge in [0.25, 0.3) is 0 Å². The van der Waals surface area contributed by atoms with Crippen LogP contribution in [-0.2, 0) is 11.3 Å². The van der Waals surface area contributed by atoms with Crippen LogP contribution in [0.5, 0.6) is 5.75 Å². The van der Waals surface area contributed by atoms with Gasteiger partial charge >= 0.3 is 6.36 Å². The molecule has 0 aliphatic rings. The van der Waals surface area contributed by atoms with Gasteiger partial charge in [-0.1, -0.05) is 48.5 Å². The van der Waals surface area contributed by atoms with Crippen molar-refractivity contribution in [2.24, 2.45) is 0 Å². The minimum absolute atomic E-state index is 0.00224. The number of rotatable bonds is 6. The molecule has 1 atom stereocenters. The summed E-state index contributed by atoms with van der Waals surface area (Å²) < 4.78 is 41.7. The molecule has 4 nitrogen and oxygen atoms in total. The molecule has 0 fully saturated rings. The molecule has 26 heavy (non-hydrogen) atoms. The van der Waals surface area contributed by atoms with Gasteiger partial charge in [0.15, 0.2) is 0 Å². The summed E-state index contributed by atoms with van der Waals surface area (Å²) in [5.41, 5.74) is 1.10. The Bertz CT molecular complexity index is 733. The van der Waals surface area contributed by atoms with Crippen LogP contribution in [0.15, 0.2) is 54.6 Å². The molecule has 1 amide bonds. The predicted octanol–water partition coefficient (Wildman–Crippen LogP) is 3.85. The van der Waals surface area contributed by atoms with Gasteiger partial charge < -0.3 is 9.64 Å². The second-order valence-electron chi connectivity index (χ2n) is 6.13. The maximum absolute atomic E-state index is 12.9. The van der Waals surface area contributed by atoms with Gasteiger partial charge in [-0.15, -0.1) is 13.2 Å². The number of para-hydroxylation sites is 1. The van der Waals surface area contributed by atoms with Gasteiger partial charge in [0.05, 0.1) is 0 Å². The highest BCUT2D eigenvalue weighted by atomic mass is 19.4. The summed E-state index contributed by atoms with van der Waals surface area (Å²) in [4.78, 5) is 16.1. The van der Waals surface area contributed by atoms with Gasteiger partial charge in [0, 0.05) is 19.2 Å². The van der Waals surface area contributed by atoms with Crippen molar-refractivity contribution in [2.45, 2.75) is 18.9 Å². The van der Waals surface area contributed by atoms with Crippen LogP contribution >= 0.6 is 0 Å². The lowest BCUT2D eigenvalue weighted by Crippen LogP contribution is -2.38. The lowest BCUT2D eigenvalue weighted by Gasteiger charge is -2.29. The molecule has 0 saturated carbocycles. The normalized spacial score (nSPS) is 12.7. The number of hydrogen-bond acceptors (Lipinski definition) is 3. The van der Waals surface area contributed by atoms with Gasteiger partial charge in [0.1, 0.15) is 11.8 Å². The van der Waals surface area contributed by atoms with Crippen LogP contribution in [0.1, 0.15) is 17.2 Å². The first-order chi connectivity index (χ1) is 12.2. The number of carbonyl (C=O) groups is 1. The third-order valence-electron chi connectivity index (χ3n) is 3.85. The van der Waals surface area contributed by atoms with Crippen LogP contribution in [-0.4, -0.2) is 43.2 Å². The van der Waals surface area contributed by atoms with Crippen LogP contribution in [0.2, 0.25) is 0 Å². The van der Waals surface area contributed by atoms with E-state index in [4.69, 9.17) is 0 Å². The van der Waals surface area contributed by atoms with Crippen molar-refractivity contribution in [1.82, 2.24) is 9.80 Å². The van der Waals surface area contributed by atoms with E-state index < -0.39 is 12.4 Å². The van der Waals surface area contributed by atoms with E-state index >= 15 is 0 Å². The number of amides is 1. The number of alkyl halides is 3. The summed E-state index contributed by atoms with van der Waals surface area (Å²) in [7, 11) is 5.13. The van der Waals surface area contributed by atoms with E-state index in [9.17, 15) is 18.0 Å². The van der Waals surface area contributed by atoms with Crippen molar-refractivity contribution in [1.29, 1.82) is 0 Å². The zero-order valence-electron chi connectivity index (χ0n) is 14.8. The van der Waals surface area contributed by atoms with E-state index in [1.54, 1.807) is 32.1 Å². The number of benzene rings is 2. The Kier molecular flexibility index (Phi) is 6.26. The molecule has 0 aliphatic carbocycles. The third kappa shape index (κ3) is 5.23. The fourth-order valence-electron chi connectivity index (χ4n) is 2.70. The van der Waals surface area contributed by atoms with E-state index in [1.165, 1.54) is 23.1 Å². The predicted molar refractivity (Wildman–Crippen MR) is 92.5 cm³/mol. The first-order valence-electron chi connectivity index (χ1n) is 7.99. The van der Waals surface area contributed by atoms with Crippen molar-refractivity contribution in [2.75, 3.05) is 21.1 Å². The second kappa shape index (κ2) is 8.23. The zero-order valence-corrected chi connectivity index (χ0v) is 14.8. The third-order valence-corrected chi connectivity index (χ3v) is 3.85. The van der Waals surface area contributed by atoms with Crippen molar-refractivity contribution < 1.29 is 22.7 Å². The molecule has 0 radical (unpaired) electrons. The number of carbonyl (C=O) groups excluding carboxylic acids is 1. The number of likely N-dealkylation sites (N-methyl/N-ethyl adjacent to an activating group) is 2. The van der Waals surface area contributed by atoms with Gasteiger partial charge in [-0.05, 0) is 25.7 Å². The smallest absolute Gasteiger partial charge is 0.405 e. The molecule has 0 saturated heterocycles. The maximum atomic E-state index is 12.9. The fraction of sp³-hybridized carbons (Fsp3) is 0.316. The molecule has 2 aromatic carbocycles. The Morgan fingerprint density at radius 1 is 1.00 bits per heavy atom. The number of nitrogens with zero attached hydrogens (tertiary/aromatic N) is 2. The topological polar surface area (TPSA) is 32.8 Å². The molecule has 0 aromatic heterocycles. The van der Waals surface area contributed by atoms with Crippen molar-refractivity contribution in [3.63, 3.8) is 0 Å². The van der Waals surface area contributed by atoms with Crippen LogP contribution < -0.4 is 4.74 Å². The van der Waals surface area contributed by atoms with Gasteiger partial charge in [-0.25, -0.2) is 0 Å². The Morgan fingerprint density at radius 3 is 2.15 bits per heavy atom. The minimum Gasteiger partial charge on any atom is -0.405 e. The van der Waals surface area contributed by atoms with E-state index in [-0.39, 0.29) is 23.8 Å². The number of hydrogen-bond donors (Lipinski definition) is 0. The van der Waals surface area contributed by atoms with Crippen LogP contribution in [0.3, 0.4) is 0 Å². The fourth-order valence-corrected chi connectivity index (χ4v) is 2.70. The van der Waals surface area contributed by atoms with Crippen molar-refractivity contribution in [3.05, 3.63) is 65.7 Å². The summed E-state index contributed by atoms with van der Waals surface area (Å²) in [6.07, 6.45) is -4.78. The molecule has 0 N–H and O–H groups in total. The highest BCUT2D eigenvalue weighted by Crippen LogP contribution is 2.28. The van der Waals surface area contributed by atoms with Crippen LogP contribution in [0, 0.1) is 0 Å². The first kappa shape index (κ1) is 19.8.